The van der Waals surface area contributed by atoms with Crippen LogP contribution in [-0.2, 0) is 6.42 Å². The Bertz CT molecular complexity index is 560. The van der Waals surface area contributed by atoms with Crippen LogP contribution in [0, 0.1) is 10.1 Å². The SMILES string of the molecule is CN(C)CCCc1cc2cc([N+](=O)[O-])ccc2o1. The fourth-order valence-electron chi connectivity index (χ4n) is 1.89. The molecule has 0 N–H and O–H groups in total. The Morgan fingerprint density at radius 3 is 2.78 bits per heavy atom. The van der Waals surface area contributed by atoms with E-state index in [9.17, 15) is 10.1 Å². The largest absolute Gasteiger partial charge is 0.461 e. The van der Waals surface area contributed by atoms with Crippen molar-refractivity contribution in [2.45, 2.75) is 12.8 Å². The molecular formula is C13H16N2O3. The lowest BCUT2D eigenvalue weighted by atomic mass is 10.2. The number of benzene rings is 1. The summed E-state index contributed by atoms with van der Waals surface area (Å²) in [6.45, 7) is 0.997. The molecule has 0 unspecified atom stereocenters. The van der Waals surface area contributed by atoms with E-state index in [2.05, 4.69) is 4.90 Å². The van der Waals surface area contributed by atoms with Crippen LogP contribution in [0.3, 0.4) is 0 Å². The van der Waals surface area contributed by atoms with E-state index in [0.717, 1.165) is 30.5 Å². The van der Waals surface area contributed by atoms with Crippen molar-refractivity contribution in [2.75, 3.05) is 20.6 Å². The van der Waals surface area contributed by atoms with Crippen LogP contribution >= 0.6 is 0 Å². The number of furan rings is 1. The van der Waals surface area contributed by atoms with Crippen LogP contribution in [0.5, 0.6) is 0 Å². The number of nitro groups is 1. The summed E-state index contributed by atoms with van der Waals surface area (Å²) in [5.74, 6) is 0.882. The van der Waals surface area contributed by atoms with E-state index >= 15 is 0 Å². The van der Waals surface area contributed by atoms with Gasteiger partial charge in [0.15, 0.2) is 0 Å². The predicted molar refractivity (Wildman–Crippen MR) is 69.7 cm³/mol. The first-order chi connectivity index (χ1) is 8.56. The molecule has 2 rings (SSSR count). The summed E-state index contributed by atoms with van der Waals surface area (Å²) in [4.78, 5) is 12.4. The summed E-state index contributed by atoms with van der Waals surface area (Å²) in [6.07, 6.45) is 1.86. The normalized spacial score (nSPS) is 11.3. The first-order valence-electron chi connectivity index (χ1n) is 5.88. The van der Waals surface area contributed by atoms with Gasteiger partial charge in [-0.15, -0.1) is 0 Å². The number of fused-ring (bicyclic) bond motifs is 1. The fraction of sp³-hybridized carbons (Fsp3) is 0.385. The van der Waals surface area contributed by atoms with E-state index in [4.69, 9.17) is 4.42 Å². The Morgan fingerprint density at radius 1 is 1.33 bits per heavy atom. The van der Waals surface area contributed by atoms with Crippen LogP contribution in [0.2, 0.25) is 0 Å². The van der Waals surface area contributed by atoms with Crippen LogP contribution < -0.4 is 0 Å². The number of hydrogen-bond acceptors (Lipinski definition) is 4. The number of nitrogens with zero attached hydrogens (tertiary/aromatic N) is 2. The van der Waals surface area contributed by atoms with Crippen LogP contribution in [0.4, 0.5) is 5.69 Å². The topological polar surface area (TPSA) is 59.5 Å². The van der Waals surface area contributed by atoms with Gasteiger partial charge in [0.1, 0.15) is 11.3 Å². The lowest BCUT2D eigenvalue weighted by Crippen LogP contribution is -2.13. The van der Waals surface area contributed by atoms with Crippen molar-refractivity contribution < 1.29 is 9.34 Å². The summed E-state index contributed by atoms with van der Waals surface area (Å²) in [5.41, 5.74) is 0.809. The lowest BCUT2D eigenvalue weighted by Gasteiger charge is -2.07. The molecule has 2 aromatic rings. The molecule has 0 aliphatic heterocycles. The van der Waals surface area contributed by atoms with Gasteiger partial charge in [0.05, 0.1) is 4.92 Å². The third-order valence-corrected chi connectivity index (χ3v) is 2.79. The second kappa shape index (κ2) is 5.18. The zero-order chi connectivity index (χ0) is 13.1. The molecule has 0 saturated carbocycles. The minimum atomic E-state index is -0.391. The molecular weight excluding hydrogens is 232 g/mol. The summed E-state index contributed by atoms with van der Waals surface area (Å²) >= 11 is 0. The van der Waals surface area contributed by atoms with E-state index in [1.54, 1.807) is 12.1 Å². The maximum Gasteiger partial charge on any atom is 0.270 e. The number of non-ortho nitro benzene ring substituents is 1. The molecule has 1 aromatic heterocycles. The quantitative estimate of drug-likeness (QED) is 0.603. The molecule has 0 atom stereocenters. The lowest BCUT2D eigenvalue weighted by molar-refractivity contribution is -0.384. The van der Waals surface area contributed by atoms with Crippen molar-refractivity contribution in [1.29, 1.82) is 0 Å². The summed E-state index contributed by atoms with van der Waals surface area (Å²) in [6, 6.07) is 6.56. The molecule has 0 spiro atoms. The van der Waals surface area contributed by atoms with Crippen molar-refractivity contribution in [3.63, 3.8) is 0 Å². The summed E-state index contributed by atoms with van der Waals surface area (Å²) in [7, 11) is 4.06. The Kier molecular flexibility index (Phi) is 3.62. The monoisotopic (exact) mass is 248 g/mol. The minimum absolute atomic E-state index is 0.100. The Hall–Kier alpha value is -1.88. The van der Waals surface area contributed by atoms with E-state index in [1.807, 2.05) is 20.2 Å². The average molecular weight is 248 g/mol. The highest BCUT2D eigenvalue weighted by Gasteiger charge is 2.09. The molecule has 18 heavy (non-hydrogen) atoms. The van der Waals surface area contributed by atoms with Gasteiger partial charge in [0, 0.05) is 23.9 Å². The van der Waals surface area contributed by atoms with Crippen LogP contribution in [0.15, 0.2) is 28.7 Å². The van der Waals surface area contributed by atoms with E-state index in [1.165, 1.54) is 6.07 Å². The Labute approximate surface area is 105 Å². The van der Waals surface area contributed by atoms with Gasteiger partial charge in [0.25, 0.3) is 5.69 Å². The van der Waals surface area contributed by atoms with Gasteiger partial charge in [-0.25, -0.2) is 0 Å². The highest BCUT2D eigenvalue weighted by molar-refractivity contribution is 5.80. The molecule has 0 radical (unpaired) electrons. The fourth-order valence-corrected chi connectivity index (χ4v) is 1.89. The van der Waals surface area contributed by atoms with E-state index in [-0.39, 0.29) is 5.69 Å². The molecule has 1 aromatic carbocycles. The minimum Gasteiger partial charge on any atom is -0.461 e. The van der Waals surface area contributed by atoms with Gasteiger partial charge in [-0.1, -0.05) is 0 Å². The standard InChI is InChI=1S/C13H16N2O3/c1-14(2)7-3-4-12-9-10-8-11(15(16)17)5-6-13(10)18-12/h5-6,8-9H,3-4,7H2,1-2H3. The summed E-state index contributed by atoms with van der Waals surface area (Å²) < 4.78 is 5.64. The molecule has 0 aliphatic rings. The van der Waals surface area contributed by atoms with Gasteiger partial charge in [-0.05, 0) is 39.2 Å². The third kappa shape index (κ3) is 2.87. The van der Waals surface area contributed by atoms with Crippen molar-refractivity contribution >= 4 is 16.7 Å². The molecule has 5 nitrogen and oxygen atoms in total. The number of hydrogen-bond donors (Lipinski definition) is 0. The zero-order valence-corrected chi connectivity index (χ0v) is 10.5. The van der Waals surface area contributed by atoms with E-state index < -0.39 is 4.92 Å². The highest BCUT2D eigenvalue weighted by Crippen LogP contribution is 2.24. The number of rotatable bonds is 5. The van der Waals surface area contributed by atoms with Crippen LogP contribution in [-0.4, -0.2) is 30.5 Å². The molecule has 5 heteroatoms. The van der Waals surface area contributed by atoms with Gasteiger partial charge < -0.3 is 9.32 Å². The van der Waals surface area contributed by atoms with Crippen molar-refractivity contribution in [3.8, 4) is 0 Å². The van der Waals surface area contributed by atoms with Gasteiger partial charge in [-0.2, -0.15) is 0 Å². The smallest absolute Gasteiger partial charge is 0.270 e. The zero-order valence-electron chi connectivity index (χ0n) is 10.5. The van der Waals surface area contributed by atoms with Gasteiger partial charge in [-0.3, -0.25) is 10.1 Å². The Balaban J connectivity index is 2.14. The van der Waals surface area contributed by atoms with E-state index in [0.29, 0.717) is 5.58 Å². The molecule has 1 heterocycles. The Morgan fingerprint density at radius 2 is 2.11 bits per heavy atom. The second-order valence-corrected chi connectivity index (χ2v) is 4.60. The van der Waals surface area contributed by atoms with Crippen molar-refractivity contribution in [3.05, 3.63) is 40.1 Å². The average Bonchev–Trinajstić information content (AvgIpc) is 2.69. The molecule has 0 amide bonds. The highest BCUT2D eigenvalue weighted by atomic mass is 16.6. The molecule has 0 fully saturated rings. The number of aryl methyl sites for hydroxylation is 1. The van der Waals surface area contributed by atoms with Crippen molar-refractivity contribution in [1.82, 2.24) is 4.90 Å². The first kappa shape index (κ1) is 12.6. The number of nitro benzene ring substituents is 1. The molecule has 96 valence electrons. The van der Waals surface area contributed by atoms with Crippen LogP contribution in [0.25, 0.3) is 11.0 Å². The summed E-state index contributed by atoms with van der Waals surface area (Å²) in [5, 5.41) is 11.5. The third-order valence-electron chi connectivity index (χ3n) is 2.79. The first-order valence-corrected chi connectivity index (χ1v) is 5.88. The van der Waals surface area contributed by atoms with Crippen LogP contribution in [0.1, 0.15) is 12.2 Å². The van der Waals surface area contributed by atoms with Crippen molar-refractivity contribution in [2.24, 2.45) is 0 Å². The predicted octanol–water partition coefficient (Wildman–Crippen LogP) is 2.84. The second-order valence-electron chi connectivity index (χ2n) is 4.60. The maximum absolute atomic E-state index is 10.7. The molecule has 0 aliphatic carbocycles. The molecule has 0 bridgehead atoms. The maximum atomic E-state index is 10.7. The van der Waals surface area contributed by atoms with Gasteiger partial charge >= 0.3 is 0 Å². The van der Waals surface area contributed by atoms with Gasteiger partial charge in [0.2, 0.25) is 0 Å². The molecule has 0 saturated heterocycles.